The second kappa shape index (κ2) is 8.45. The molecular weight excluding hydrogens is 419 g/mol. The summed E-state index contributed by atoms with van der Waals surface area (Å²) in [5.74, 6) is 0.383. The van der Waals surface area contributed by atoms with Gasteiger partial charge in [-0.05, 0) is 48.4 Å². The summed E-state index contributed by atoms with van der Waals surface area (Å²) in [6, 6.07) is 10.8. The molecule has 0 atom stereocenters. The summed E-state index contributed by atoms with van der Waals surface area (Å²) < 4.78 is 5.64. The normalized spacial score (nSPS) is 13.1. The molecule has 2 heterocycles. The van der Waals surface area contributed by atoms with E-state index in [0.29, 0.717) is 31.5 Å². The van der Waals surface area contributed by atoms with Crippen LogP contribution in [-0.4, -0.2) is 22.6 Å². The molecule has 0 fully saturated rings. The fraction of sp³-hybridized carbons (Fsp3) is 0.211. The van der Waals surface area contributed by atoms with Crippen molar-refractivity contribution in [2.75, 3.05) is 11.9 Å². The van der Waals surface area contributed by atoms with E-state index >= 15 is 0 Å². The minimum atomic E-state index is -0.200. The summed E-state index contributed by atoms with van der Waals surface area (Å²) in [6.45, 7) is 1.99. The second-order valence-corrected chi connectivity index (χ2v) is 8.11. The number of hydrogen-bond donors (Lipinski definition) is 2. The van der Waals surface area contributed by atoms with E-state index in [-0.39, 0.29) is 12.5 Å². The molecule has 1 amide bonds. The standard InChI is InChI=1S/C19H16Cl2N4O2S/c20-15-4-3-14(8-16(15)21)27-10-17-24-25-19(28-17)23-18(26)12-1-2-13-9-22-6-5-11(13)7-12/h1-4,7-8,22H,5-6,9-10H2,(H,23,25,26). The van der Waals surface area contributed by atoms with Crippen molar-refractivity contribution in [3.8, 4) is 5.75 Å². The largest absolute Gasteiger partial charge is 0.486 e. The average Bonchev–Trinajstić information content (AvgIpc) is 3.16. The van der Waals surface area contributed by atoms with Gasteiger partial charge in [-0.1, -0.05) is 40.6 Å². The van der Waals surface area contributed by atoms with Crippen molar-refractivity contribution in [1.29, 1.82) is 0 Å². The highest BCUT2D eigenvalue weighted by molar-refractivity contribution is 7.15. The number of halogens is 2. The lowest BCUT2D eigenvalue weighted by Crippen LogP contribution is -2.24. The summed E-state index contributed by atoms with van der Waals surface area (Å²) in [4.78, 5) is 12.5. The average molecular weight is 435 g/mol. The van der Waals surface area contributed by atoms with Crippen LogP contribution in [0, 0.1) is 0 Å². The Morgan fingerprint density at radius 3 is 2.89 bits per heavy atom. The van der Waals surface area contributed by atoms with Gasteiger partial charge in [0.25, 0.3) is 5.91 Å². The highest BCUT2D eigenvalue weighted by Crippen LogP contribution is 2.27. The number of ether oxygens (including phenoxy) is 1. The van der Waals surface area contributed by atoms with Gasteiger partial charge in [-0.3, -0.25) is 10.1 Å². The molecule has 2 aromatic carbocycles. The van der Waals surface area contributed by atoms with Gasteiger partial charge in [0.2, 0.25) is 5.13 Å². The first-order valence-corrected chi connectivity index (χ1v) is 10.2. The van der Waals surface area contributed by atoms with Gasteiger partial charge in [0.05, 0.1) is 10.0 Å². The lowest BCUT2D eigenvalue weighted by atomic mass is 9.98. The maximum Gasteiger partial charge on any atom is 0.257 e. The predicted molar refractivity (Wildman–Crippen MR) is 111 cm³/mol. The number of benzene rings is 2. The van der Waals surface area contributed by atoms with Crippen LogP contribution in [0.25, 0.3) is 0 Å². The SMILES string of the molecule is O=C(Nc1nnc(COc2ccc(Cl)c(Cl)c2)s1)c1ccc2c(c1)CCNC2. The molecule has 4 rings (SSSR count). The molecular formula is C19H16Cl2N4O2S. The summed E-state index contributed by atoms with van der Waals surface area (Å²) in [5, 5.41) is 16.1. The van der Waals surface area contributed by atoms with Gasteiger partial charge in [0.15, 0.2) is 5.01 Å². The van der Waals surface area contributed by atoms with Crippen molar-refractivity contribution in [3.05, 3.63) is 68.1 Å². The highest BCUT2D eigenvalue weighted by Gasteiger charge is 2.14. The number of rotatable bonds is 5. The Morgan fingerprint density at radius 2 is 2.04 bits per heavy atom. The van der Waals surface area contributed by atoms with Gasteiger partial charge in [-0.15, -0.1) is 10.2 Å². The first-order chi connectivity index (χ1) is 13.6. The molecule has 0 bridgehead atoms. The molecule has 0 spiro atoms. The third-order valence-corrected chi connectivity index (χ3v) is 5.85. The summed E-state index contributed by atoms with van der Waals surface area (Å²) in [7, 11) is 0. The van der Waals surface area contributed by atoms with Gasteiger partial charge >= 0.3 is 0 Å². The summed E-state index contributed by atoms with van der Waals surface area (Å²) >= 11 is 13.1. The van der Waals surface area contributed by atoms with Crippen molar-refractivity contribution in [3.63, 3.8) is 0 Å². The lowest BCUT2D eigenvalue weighted by Gasteiger charge is -2.17. The number of carbonyl (C=O) groups is 1. The van der Waals surface area contributed by atoms with Crippen LogP contribution in [0.4, 0.5) is 5.13 Å². The zero-order valence-electron chi connectivity index (χ0n) is 14.7. The minimum absolute atomic E-state index is 0.200. The molecule has 3 aromatic rings. The van der Waals surface area contributed by atoms with Gasteiger partial charge in [-0.2, -0.15) is 0 Å². The van der Waals surface area contributed by atoms with Gasteiger partial charge in [-0.25, -0.2) is 0 Å². The van der Waals surface area contributed by atoms with Crippen LogP contribution in [0.1, 0.15) is 26.5 Å². The number of carbonyl (C=O) groups excluding carboxylic acids is 1. The molecule has 0 unspecified atom stereocenters. The molecule has 28 heavy (non-hydrogen) atoms. The molecule has 9 heteroatoms. The van der Waals surface area contributed by atoms with Crippen molar-refractivity contribution in [1.82, 2.24) is 15.5 Å². The van der Waals surface area contributed by atoms with Crippen LogP contribution in [0.3, 0.4) is 0 Å². The van der Waals surface area contributed by atoms with Crippen LogP contribution < -0.4 is 15.4 Å². The number of aromatic nitrogens is 2. The molecule has 6 nitrogen and oxygen atoms in total. The van der Waals surface area contributed by atoms with E-state index in [9.17, 15) is 4.79 Å². The van der Waals surface area contributed by atoms with E-state index in [1.807, 2.05) is 18.2 Å². The molecule has 1 aliphatic heterocycles. The van der Waals surface area contributed by atoms with E-state index in [4.69, 9.17) is 27.9 Å². The van der Waals surface area contributed by atoms with Crippen LogP contribution in [0.5, 0.6) is 5.75 Å². The topological polar surface area (TPSA) is 76.1 Å². The summed E-state index contributed by atoms with van der Waals surface area (Å²) in [6.07, 6.45) is 0.922. The quantitative estimate of drug-likeness (QED) is 0.624. The van der Waals surface area contributed by atoms with E-state index in [0.717, 1.165) is 19.5 Å². The predicted octanol–water partition coefficient (Wildman–Crippen LogP) is 4.32. The Balaban J connectivity index is 1.37. The molecule has 2 N–H and O–H groups in total. The Bertz CT molecular complexity index is 1020. The first kappa shape index (κ1) is 19.1. The van der Waals surface area contributed by atoms with Crippen molar-refractivity contribution >= 4 is 45.6 Å². The van der Waals surface area contributed by atoms with Crippen LogP contribution in [-0.2, 0) is 19.6 Å². The number of fused-ring (bicyclic) bond motifs is 1. The molecule has 1 aromatic heterocycles. The third-order valence-electron chi connectivity index (χ3n) is 4.30. The maximum atomic E-state index is 12.5. The number of nitrogens with one attached hydrogen (secondary N) is 2. The smallest absolute Gasteiger partial charge is 0.257 e. The fourth-order valence-electron chi connectivity index (χ4n) is 2.86. The number of amides is 1. The van der Waals surface area contributed by atoms with Crippen LogP contribution >= 0.6 is 34.5 Å². The zero-order valence-corrected chi connectivity index (χ0v) is 17.0. The number of hydrogen-bond acceptors (Lipinski definition) is 6. The van der Waals surface area contributed by atoms with Gasteiger partial charge in [0, 0.05) is 18.2 Å². The Morgan fingerprint density at radius 1 is 1.14 bits per heavy atom. The fourth-order valence-corrected chi connectivity index (χ4v) is 3.80. The molecule has 144 valence electrons. The van der Waals surface area contributed by atoms with E-state index in [1.165, 1.54) is 22.5 Å². The van der Waals surface area contributed by atoms with E-state index in [1.54, 1.807) is 18.2 Å². The van der Waals surface area contributed by atoms with Crippen LogP contribution in [0.2, 0.25) is 10.0 Å². The van der Waals surface area contributed by atoms with Gasteiger partial charge < -0.3 is 10.1 Å². The highest BCUT2D eigenvalue weighted by atomic mass is 35.5. The minimum Gasteiger partial charge on any atom is -0.486 e. The maximum absolute atomic E-state index is 12.5. The second-order valence-electron chi connectivity index (χ2n) is 6.23. The van der Waals surface area contributed by atoms with Crippen molar-refractivity contribution in [2.45, 2.75) is 19.6 Å². The Labute approximate surface area is 175 Å². The monoisotopic (exact) mass is 434 g/mol. The first-order valence-electron chi connectivity index (χ1n) is 8.62. The molecule has 0 saturated carbocycles. The Kier molecular flexibility index (Phi) is 5.77. The molecule has 0 aliphatic carbocycles. The van der Waals surface area contributed by atoms with E-state index in [2.05, 4.69) is 20.8 Å². The lowest BCUT2D eigenvalue weighted by molar-refractivity contribution is 0.102. The van der Waals surface area contributed by atoms with Gasteiger partial charge in [0.1, 0.15) is 12.4 Å². The third kappa shape index (κ3) is 4.44. The molecule has 0 radical (unpaired) electrons. The van der Waals surface area contributed by atoms with E-state index < -0.39 is 0 Å². The van der Waals surface area contributed by atoms with Crippen molar-refractivity contribution < 1.29 is 9.53 Å². The summed E-state index contributed by atoms with van der Waals surface area (Å²) in [5.41, 5.74) is 3.06. The number of nitrogens with zero attached hydrogens (tertiary/aromatic N) is 2. The number of anilines is 1. The molecule has 1 aliphatic rings. The molecule has 0 saturated heterocycles. The van der Waals surface area contributed by atoms with Crippen molar-refractivity contribution in [2.24, 2.45) is 0 Å². The zero-order chi connectivity index (χ0) is 19.5. The Hall–Kier alpha value is -2.19. The van der Waals surface area contributed by atoms with Crippen LogP contribution in [0.15, 0.2) is 36.4 Å².